The lowest BCUT2D eigenvalue weighted by Gasteiger charge is -2.33. The molecule has 3 heteroatoms. The first-order valence-electron chi connectivity index (χ1n) is 7.15. The first-order valence-corrected chi connectivity index (χ1v) is 7.15. The van der Waals surface area contributed by atoms with Gasteiger partial charge in [0.1, 0.15) is 0 Å². The molecule has 0 saturated heterocycles. The van der Waals surface area contributed by atoms with Crippen molar-refractivity contribution in [2.75, 3.05) is 5.32 Å². The zero-order chi connectivity index (χ0) is 14.0. The number of carbonyl (C=O) groups is 1. The minimum absolute atomic E-state index is 0.355. The first kappa shape index (κ1) is 13.9. The second-order valence-corrected chi connectivity index (χ2v) is 5.95. The normalized spacial score (nSPS) is 27.0. The van der Waals surface area contributed by atoms with Gasteiger partial charge in [0.15, 0.2) is 0 Å². The second kappa shape index (κ2) is 5.64. The van der Waals surface area contributed by atoms with Gasteiger partial charge in [-0.05, 0) is 55.7 Å². The highest BCUT2D eigenvalue weighted by atomic mass is 16.1. The fraction of sp³-hybridized carbons (Fsp3) is 0.562. The molecule has 1 fully saturated rings. The van der Waals surface area contributed by atoms with Crippen LogP contribution in [-0.4, -0.2) is 11.9 Å². The SMILES string of the molecule is Cc1c(NC2CCC(C)C(C)C2)cccc1C(N)=O. The van der Waals surface area contributed by atoms with Gasteiger partial charge in [-0.25, -0.2) is 0 Å². The lowest BCUT2D eigenvalue weighted by molar-refractivity contribution is 0.0999. The number of primary amides is 1. The molecule has 3 unspecified atom stereocenters. The van der Waals surface area contributed by atoms with Crippen LogP contribution in [0.25, 0.3) is 0 Å². The summed E-state index contributed by atoms with van der Waals surface area (Å²) in [5.41, 5.74) is 8.01. The van der Waals surface area contributed by atoms with Crippen molar-refractivity contribution in [2.24, 2.45) is 17.6 Å². The average Bonchev–Trinajstić information content (AvgIpc) is 2.36. The van der Waals surface area contributed by atoms with Crippen LogP contribution < -0.4 is 11.1 Å². The van der Waals surface area contributed by atoms with E-state index < -0.39 is 0 Å². The largest absolute Gasteiger partial charge is 0.382 e. The lowest BCUT2D eigenvalue weighted by atomic mass is 9.79. The Kier molecular flexibility index (Phi) is 4.13. The summed E-state index contributed by atoms with van der Waals surface area (Å²) in [5, 5.41) is 3.59. The topological polar surface area (TPSA) is 55.1 Å². The van der Waals surface area contributed by atoms with Crippen molar-refractivity contribution in [3.05, 3.63) is 29.3 Å². The van der Waals surface area contributed by atoms with Crippen LogP contribution >= 0.6 is 0 Å². The third kappa shape index (κ3) is 3.09. The number of nitrogens with one attached hydrogen (secondary N) is 1. The Morgan fingerprint density at radius 1 is 1.26 bits per heavy atom. The smallest absolute Gasteiger partial charge is 0.249 e. The molecule has 0 radical (unpaired) electrons. The van der Waals surface area contributed by atoms with Crippen LogP contribution in [0.5, 0.6) is 0 Å². The monoisotopic (exact) mass is 260 g/mol. The van der Waals surface area contributed by atoms with E-state index in [1.165, 1.54) is 19.3 Å². The van der Waals surface area contributed by atoms with Gasteiger partial charge in [0.25, 0.3) is 0 Å². The van der Waals surface area contributed by atoms with Crippen LogP contribution in [0.2, 0.25) is 0 Å². The van der Waals surface area contributed by atoms with Gasteiger partial charge in [-0.3, -0.25) is 4.79 Å². The summed E-state index contributed by atoms with van der Waals surface area (Å²) < 4.78 is 0. The van der Waals surface area contributed by atoms with Crippen LogP contribution in [0.1, 0.15) is 49.0 Å². The molecule has 1 amide bonds. The summed E-state index contributed by atoms with van der Waals surface area (Å²) in [6, 6.07) is 6.22. The van der Waals surface area contributed by atoms with E-state index in [4.69, 9.17) is 5.73 Å². The summed E-state index contributed by atoms with van der Waals surface area (Å²) in [6.07, 6.45) is 3.67. The molecule has 0 bridgehead atoms. The van der Waals surface area contributed by atoms with Crippen molar-refractivity contribution in [3.63, 3.8) is 0 Å². The predicted molar refractivity (Wildman–Crippen MR) is 79.3 cm³/mol. The number of amides is 1. The van der Waals surface area contributed by atoms with Gasteiger partial charge in [-0.2, -0.15) is 0 Å². The molecule has 1 aliphatic rings. The number of rotatable bonds is 3. The zero-order valence-corrected chi connectivity index (χ0v) is 12.1. The fourth-order valence-corrected chi connectivity index (χ4v) is 2.96. The Morgan fingerprint density at radius 2 is 2.00 bits per heavy atom. The molecule has 0 aromatic heterocycles. The minimum Gasteiger partial charge on any atom is -0.382 e. The summed E-state index contributed by atoms with van der Waals surface area (Å²) in [6.45, 7) is 6.61. The van der Waals surface area contributed by atoms with E-state index >= 15 is 0 Å². The Morgan fingerprint density at radius 3 is 2.63 bits per heavy atom. The molecule has 0 spiro atoms. The number of nitrogens with two attached hydrogens (primary N) is 1. The number of anilines is 1. The highest BCUT2D eigenvalue weighted by Crippen LogP contribution is 2.32. The Bertz CT molecular complexity index is 470. The first-order chi connectivity index (χ1) is 8.99. The fourth-order valence-electron chi connectivity index (χ4n) is 2.96. The Hall–Kier alpha value is -1.51. The summed E-state index contributed by atoms with van der Waals surface area (Å²) in [4.78, 5) is 11.4. The van der Waals surface area contributed by atoms with Crippen molar-refractivity contribution in [1.82, 2.24) is 0 Å². The molecule has 3 N–H and O–H groups in total. The quantitative estimate of drug-likeness (QED) is 0.875. The third-order valence-electron chi connectivity index (χ3n) is 4.56. The van der Waals surface area contributed by atoms with Crippen molar-refractivity contribution in [3.8, 4) is 0 Å². The maximum atomic E-state index is 11.4. The summed E-state index contributed by atoms with van der Waals surface area (Å²) in [5.74, 6) is 1.22. The van der Waals surface area contributed by atoms with Crippen LogP contribution in [-0.2, 0) is 0 Å². The van der Waals surface area contributed by atoms with E-state index in [1.54, 1.807) is 6.07 Å². The maximum absolute atomic E-state index is 11.4. The van der Waals surface area contributed by atoms with E-state index in [9.17, 15) is 4.79 Å². The molecule has 2 rings (SSSR count). The number of hydrogen-bond donors (Lipinski definition) is 2. The average molecular weight is 260 g/mol. The van der Waals surface area contributed by atoms with Gasteiger partial charge >= 0.3 is 0 Å². The summed E-state index contributed by atoms with van der Waals surface area (Å²) in [7, 11) is 0. The van der Waals surface area contributed by atoms with Crippen LogP contribution in [0.4, 0.5) is 5.69 Å². The van der Waals surface area contributed by atoms with E-state index in [1.807, 2.05) is 19.1 Å². The van der Waals surface area contributed by atoms with Crippen molar-refractivity contribution < 1.29 is 4.79 Å². The molecule has 104 valence electrons. The lowest BCUT2D eigenvalue weighted by Crippen LogP contribution is -2.30. The number of carbonyl (C=O) groups excluding carboxylic acids is 1. The van der Waals surface area contributed by atoms with Crippen molar-refractivity contribution in [1.29, 1.82) is 0 Å². The molecule has 0 heterocycles. The van der Waals surface area contributed by atoms with Crippen LogP contribution in [0, 0.1) is 18.8 Å². The second-order valence-electron chi connectivity index (χ2n) is 5.95. The highest BCUT2D eigenvalue weighted by molar-refractivity contribution is 5.95. The molecule has 1 aromatic carbocycles. The number of hydrogen-bond acceptors (Lipinski definition) is 2. The number of benzene rings is 1. The molecular formula is C16H24N2O. The Labute approximate surface area is 115 Å². The standard InChI is InChI=1S/C16H24N2O/c1-10-7-8-13(9-11(10)2)18-15-6-4-5-14(12(15)3)16(17)19/h4-6,10-11,13,18H,7-9H2,1-3H3,(H2,17,19). The van der Waals surface area contributed by atoms with E-state index in [-0.39, 0.29) is 5.91 Å². The molecular weight excluding hydrogens is 236 g/mol. The molecule has 1 aromatic rings. The molecule has 0 aliphatic heterocycles. The van der Waals surface area contributed by atoms with E-state index in [0.717, 1.165) is 23.1 Å². The zero-order valence-electron chi connectivity index (χ0n) is 12.1. The van der Waals surface area contributed by atoms with Crippen molar-refractivity contribution >= 4 is 11.6 Å². The predicted octanol–water partition coefficient (Wildman–Crippen LogP) is 3.33. The third-order valence-corrected chi connectivity index (χ3v) is 4.56. The van der Waals surface area contributed by atoms with Gasteiger partial charge in [0.05, 0.1) is 0 Å². The summed E-state index contributed by atoms with van der Waals surface area (Å²) >= 11 is 0. The van der Waals surface area contributed by atoms with Gasteiger partial charge in [-0.1, -0.05) is 19.9 Å². The van der Waals surface area contributed by atoms with Crippen LogP contribution in [0.3, 0.4) is 0 Å². The minimum atomic E-state index is -0.355. The van der Waals surface area contributed by atoms with E-state index in [2.05, 4.69) is 19.2 Å². The van der Waals surface area contributed by atoms with Gasteiger partial charge in [0.2, 0.25) is 5.91 Å². The van der Waals surface area contributed by atoms with E-state index in [0.29, 0.717) is 11.6 Å². The molecule has 1 aliphatic carbocycles. The van der Waals surface area contributed by atoms with Crippen molar-refractivity contribution in [2.45, 2.75) is 46.1 Å². The van der Waals surface area contributed by atoms with Gasteiger partial charge in [-0.15, -0.1) is 0 Å². The molecule has 3 nitrogen and oxygen atoms in total. The molecule has 19 heavy (non-hydrogen) atoms. The molecule has 3 atom stereocenters. The Balaban J connectivity index is 2.11. The van der Waals surface area contributed by atoms with Crippen LogP contribution in [0.15, 0.2) is 18.2 Å². The maximum Gasteiger partial charge on any atom is 0.249 e. The highest BCUT2D eigenvalue weighted by Gasteiger charge is 2.24. The van der Waals surface area contributed by atoms with Gasteiger partial charge in [0, 0.05) is 17.3 Å². The molecule has 1 saturated carbocycles. The van der Waals surface area contributed by atoms with Gasteiger partial charge < -0.3 is 11.1 Å².